The molecular formula is C10H16N2O7. The molecule has 0 spiro atoms. The first kappa shape index (κ1) is 16.8. The van der Waals surface area contributed by atoms with E-state index in [2.05, 4.69) is 0 Å². The molecule has 108 valence electrons. The van der Waals surface area contributed by atoms with Crippen molar-refractivity contribution in [3.8, 4) is 0 Å². The highest BCUT2D eigenvalue weighted by molar-refractivity contribution is 6.05. The van der Waals surface area contributed by atoms with Gasteiger partial charge in [-0.1, -0.05) is 6.92 Å². The Hall–Kier alpha value is -2.16. The van der Waals surface area contributed by atoms with E-state index in [0.717, 1.165) is 0 Å². The SMILES string of the molecule is CCC(C(=O)O)(C(=O)O)[C@](N)(CCC(N)=O)C(=O)O. The molecule has 1 amide bonds. The summed E-state index contributed by atoms with van der Waals surface area (Å²) in [6.45, 7) is 1.19. The van der Waals surface area contributed by atoms with Crippen LogP contribution in [-0.2, 0) is 19.2 Å². The summed E-state index contributed by atoms with van der Waals surface area (Å²) in [7, 11) is 0. The smallest absolute Gasteiger partial charge is 0.325 e. The van der Waals surface area contributed by atoms with Crippen LogP contribution in [0.3, 0.4) is 0 Å². The number of amides is 1. The Morgan fingerprint density at radius 2 is 1.42 bits per heavy atom. The molecule has 7 N–H and O–H groups in total. The second-order valence-corrected chi connectivity index (χ2v) is 4.11. The van der Waals surface area contributed by atoms with Gasteiger partial charge in [0.2, 0.25) is 5.91 Å². The fraction of sp³-hybridized carbons (Fsp3) is 0.600. The average Bonchev–Trinajstić information content (AvgIpc) is 2.26. The van der Waals surface area contributed by atoms with Gasteiger partial charge in [0.25, 0.3) is 0 Å². The van der Waals surface area contributed by atoms with Crippen molar-refractivity contribution in [3.63, 3.8) is 0 Å². The lowest BCUT2D eigenvalue weighted by Crippen LogP contribution is -2.67. The van der Waals surface area contributed by atoms with Gasteiger partial charge in [-0.25, -0.2) is 0 Å². The molecule has 0 saturated carbocycles. The molecule has 0 rings (SSSR count). The minimum absolute atomic E-state index is 0.537. The number of carboxylic acid groups (broad SMARTS) is 3. The Morgan fingerprint density at radius 1 is 1.00 bits per heavy atom. The molecule has 19 heavy (non-hydrogen) atoms. The summed E-state index contributed by atoms with van der Waals surface area (Å²) in [5.41, 5.74) is 4.98. The van der Waals surface area contributed by atoms with Gasteiger partial charge >= 0.3 is 17.9 Å². The normalized spacial score (nSPS) is 14.4. The zero-order chi connectivity index (χ0) is 15.4. The Balaban J connectivity index is 5.91. The van der Waals surface area contributed by atoms with E-state index in [4.69, 9.17) is 26.8 Å². The van der Waals surface area contributed by atoms with Crippen molar-refractivity contribution < 1.29 is 34.5 Å². The first-order chi connectivity index (χ1) is 8.56. The van der Waals surface area contributed by atoms with E-state index in [9.17, 15) is 19.2 Å². The van der Waals surface area contributed by atoms with Crippen LogP contribution in [0.4, 0.5) is 0 Å². The van der Waals surface area contributed by atoms with Crippen LogP contribution < -0.4 is 11.5 Å². The molecule has 9 heteroatoms. The van der Waals surface area contributed by atoms with E-state index in [0.29, 0.717) is 0 Å². The number of carboxylic acids is 3. The molecule has 0 aromatic carbocycles. The van der Waals surface area contributed by atoms with Crippen LogP contribution in [0.15, 0.2) is 0 Å². The minimum Gasteiger partial charge on any atom is -0.480 e. The lowest BCUT2D eigenvalue weighted by atomic mass is 9.65. The molecule has 0 heterocycles. The third-order valence-electron chi connectivity index (χ3n) is 3.17. The van der Waals surface area contributed by atoms with Gasteiger partial charge in [0, 0.05) is 6.42 Å². The van der Waals surface area contributed by atoms with Gasteiger partial charge in [-0.15, -0.1) is 0 Å². The van der Waals surface area contributed by atoms with E-state index in [1.54, 1.807) is 0 Å². The Bertz CT molecular complexity index is 406. The number of hydrogen-bond donors (Lipinski definition) is 5. The number of rotatable bonds is 8. The topological polar surface area (TPSA) is 181 Å². The van der Waals surface area contributed by atoms with E-state index >= 15 is 0 Å². The van der Waals surface area contributed by atoms with Crippen molar-refractivity contribution in [2.75, 3.05) is 0 Å². The molecule has 0 aliphatic rings. The maximum absolute atomic E-state index is 11.2. The van der Waals surface area contributed by atoms with Crippen LogP contribution in [0, 0.1) is 5.41 Å². The fourth-order valence-electron chi connectivity index (χ4n) is 1.91. The van der Waals surface area contributed by atoms with Crippen molar-refractivity contribution in [2.24, 2.45) is 16.9 Å². The predicted octanol–water partition coefficient (Wildman–Crippen LogP) is -1.40. The predicted molar refractivity (Wildman–Crippen MR) is 61.0 cm³/mol. The van der Waals surface area contributed by atoms with Crippen LogP contribution in [0.25, 0.3) is 0 Å². The number of carbonyl (C=O) groups excluding carboxylic acids is 1. The molecule has 0 aliphatic heterocycles. The summed E-state index contributed by atoms with van der Waals surface area (Å²) < 4.78 is 0. The summed E-state index contributed by atoms with van der Waals surface area (Å²) in [4.78, 5) is 44.4. The van der Waals surface area contributed by atoms with E-state index < -0.39 is 54.0 Å². The van der Waals surface area contributed by atoms with Gasteiger partial charge in [-0.05, 0) is 12.8 Å². The Morgan fingerprint density at radius 3 is 1.63 bits per heavy atom. The highest BCUT2D eigenvalue weighted by atomic mass is 16.4. The van der Waals surface area contributed by atoms with Gasteiger partial charge < -0.3 is 26.8 Å². The van der Waals surface area contributed by atoms with Gasteiger partial charge in [0.1, 0.15) is 5.54 Å². The molecule has 0 fully saturated rings. The summed E-state index contributed by atoms with van der Waals surface area (Å²) >= 11 is 0. The molecule has 0 saturated heterocycles. The number of carbonyl (C=O) groups is 4. The van der Waals surface area contributed by atoms with Gasteiger partial charge in [-0.3, -0.25) is 19.2 Å². The summed E-state index contributed by atoms with van der Waals surface area (Å²) in [5, 5.41) is 27.3. The zero-order valence-corrected chi connectivity index (χ0v) is 10.3. The summed E-state index contributed by atoms with van der Waals surface area (Å²) in [6, 6.07) is 0. The number of hydrogen-bond acceptors (Lipinski definition) is 5. The van der Waals surface area contributed by atoms with Crippen LogP contribution >= 0.6 is 0 Å². The van der Waals surface area contributed by atoms with E-state index in [-0.39, 0.29) is 0 Å². The number of primary amides is 1. The van der Waals surface area contributed by atoms with Crippen LogP contribution in [-0.4, -0.2) is 44.7 Å². The van der Waals surface area contributed by atoms with Crippen molar-refractivity contribution in [1.82, 2.24) is 0 Å². The Labute approximate surface area is 108 Å². The van der Waals surface area contributed by atoms with E-state index in [1.165, 1.54) is 6.92 Å². The molecule has 0 unspecified atom stereocenters. The zero-order valence-electron chi connectivity index (χ0n) is 10.3. The van der Waals surface area contributed by atoms with Crippen molar-refractivity contribution >= 4 is 23.8 Å². The molecular weight excluding hydrogens is 260 g/mol. The third kappa shape index (κ3) is 2.65. The first-order valence-corrected chi connectivity index (χ1v) is 5.33. The quantitative estimate of drug-likeness (QED) is 0.335. The van der Waals surface area contributed by atoms with Crippen LogP contribution in [0.1, 0.15) is 26.2 Å². The molecule has 0 bridgehead atoms. The Kier molecular flexibility index (Phi) is 5.01. The lowest BCUT2D eigenvalue weighted by molar-refractivity contribution is -0.179. The molecule has 0 aromatic heterocycles. The molecule has 9 nitrogen and oxygen atoms in total. The monoisotopic (exact) mass is 276 g/mol. The highest BCUT2D eigenvalue weighted by Crippen LogP contribution is 2.38. The lowest BCUT2D eigenvalue weighted by Gasteiger charge is -2.38. The average molecular weight is 276 g/mol. The summed E-state index contributed by atoms with van der Waals surface area (Å²) in [6.07, 6.45) is -1.78. The first-order valence-electron chi connectivity index (χ1n) is 5.33. The summed E-state index contributed by atoms with van der Waals surface area (Å²) in [5.74, 6) is -6.48. The largest absolute Gasteiger partial charge is 0.480 e. The van der Waals surface area contributed by atoms with Crippen LogP contribution in [0.2, 0.25) is 0 Å². The van der Waals surface area contributed by atoms with Crippen LogP contribution in [0.5, 0.6) is 0 Å². The van der Waals surface area contributed by atoms with Gasteiger partial charge in [-0.2, -0.15) is 0 Å². The second-order valence-electron chi connectivity index (χ2n) is 4.11. The van der Waals surface area contributed by atoms with E-state index in [1.807, 2.05) is 0 Å². The molecule has 0 aromatic rings. The number of aliphatic carboxylic acids is 3. The van der Waals surface area contributed by atoms with Crippen molar-refractivity contribution in [1.29, 1.82) is 0 Å². The molecule has 1 atom stereocenters. The standard InChI is InChI=1S/C10H16N2O7/c1-2-9(6(14)15,7(16)17)10(12,8(18)19)4-3-5(11)13/h2-4,12H2,1H3,(H2,11,13)(H,14,15)(H,16,17)(H,18,19)/t10-/m0/s1. The minimum atomic E-state index is -2.74. The van der Waals surface area contributed by atoms with Crippen molar-refractivity contribution in [2.45, 2.75) is 31.7 Å². The molecule has 0 radical (unpaired) electrons. The molecule has 0 aliphatic carbocycles. The van der Waals surface area contributed by atoms with Gasteiger partial charge in [0.05, 0.1) is 0 Å². The number of nitrogens with two attached hydrogens (primary N) is 2. The van der Waals surface area contributed by atoms with Crippen molar-refractivity contribution in [3.05, 3.63) is 0 Å². The second kappa shape index (κ2) is 5.65. The highest BCUT2D eigenvalue weighted by Gasteiger charge is 2.63. The third-order valence-corrected chi connectivity index (χ3v) is 3.17. The maximum Gasteiger partial charge on any atom is 0.325 e. The maximum atomic E-state index is 11.2. The fourth-order valence-corrected chi connectivity index (χ4v) is 1.91. The van der Waals surface area contributed by atoms with Gasteiger partial charge in [0.15, 0.2) is 5.41 Å².